The van der Waals surface area contributed by atoms with Crippen LogP contribution in [0.3, 0.4) is 0 Å². The smallest absolute Gasteiger partial charge is 0.255 e. The number of benzene rings is 1. The topological polar surface area (TPSA) is 80.4 Å². The number of carbonyl (C=O) groups is 1. The first-order valence-electron chi connectivity index (χ1n) is 8.83. The molecule has 2 fully saturated rings. The van der Waals surface area contributed by atoms with Gasteiger partial charge in [0, 0.05) is 30.2 Å². The van der Waals surface area contributed by atoms with E-state index in [0.717, 1.165) is 13.0 Å². The highest BCUT2D eigenvalue weighted by molar-refractivity contribution is 6.06. The number of amides is 1. The summed E-state index contributed by atoms with van der Waals surface area (Å²) in [6.45, 7) is 1.85. The molecule has 2 aliphatic rings. The number of nitrogens with one attached hydrogen (secondary N) is 2. The number of rotatable bonds is 5. The Morgan fingerprint density at radius 2 is 2.04 bits per heavy atom. The second-order valence-corrected chi connectivity index (χ2v) is 6.84. The van der Waals surface area contributed by atoms with Gasteiger partial charge in [-0.3, -0.25) is 9.59 Å². The van der Waals surface area contributed by atoms with Crippen LogP contribution in [0.2, 0.25) is 0 Å². The fraction of sp³-hybridized carbons (Fsp3) is 0.474. The molecule has 1 aromatic carbocycles. The SMILES string of the molecule is O=C(N[C@@H]1CCOC[C@H]1OCC1CC1)c1c[nH]c(=O)c2ccccc12. The Morgan fingerprint density at radius 3 is 2.84 bits per heavy atom. The number of aromatic nitrogens is 1. The Morgan fingerprint density at radius 1 is 1.24 bits per heavy atom. The molecule has 2 aromatic rings. The summed E-state index contributed by atoms with van der Waals surface area (Å²) in [6, 6.07) is 7.06. The van der Waals surface area contributed by atoms with E-state index in [1.54, 1.807) is 18.2 Å². The van der Waals surface area contributed by atoms with Gasteiger partial charge in [0.1, 0.15) is 6.10 Å². The molecule has 2 N–H and O–H groups in total. The molecule has 0 radical (unpaired) electrons. The van der Waals surface area contributed by atoms with E-state index in [1.165, 1.54) is 19.0 Å². The highest BCUT2D eigenvalue weighted by Crippen LogP contribution is 2.30. The summed E-state index contributed by atoms with van der Waals surface area (Å²) in [4.78, 5) is 27.4. The van der Waals surface area contributed by atoms with E-state index in [-0.39, 0.29) is 23.6 Å². The van der Waals surface area contributed by atoms with Gasteiger partial charge in [0.25, 0.3) is 11.5 Å². The predicted octanol–water partition coefficient (Wildman–Crippen LogP) is 1.84. The monoisotopic (exact) mass is 342 g/mol. The maximum absolute atomic E-state index is 12.8. The molecular weight excluding hydrogens is 320 g/mol. The van der Waals surface area contributed by atoms with Gasteiger partial charge in [0.05, 0.1) is 18.2 Å². The van der Waals surface area contributed by atoms with Gasteiger partial charge in [-0.25, -0.2) is 0 Å². The Labute approximate surface area is 145 Å². The van der Waals surface area contributed by atoms with Gasteiger partial charge in [0.2, 0.25) is 0 Å². The van der Waals surface area contributed by atoms with Crippen molar-refractivity contribution in [2.24, 2.45) is 5.92 Å². The van der Waals surface area contributed by atoms with Crippen LogP contribution in [0.5, 0.6) is 0 Å². The molecule has 2 heterocycles. The summed E-state index contributed by atoms with van der Waals surface area (Å²) in [7, 11) is 0. The maximum Gasteiger partial charge on any atom is 0.255 e. The van der Waals surface area contributed by atoms with Gasteiger partial charge in [-0.05, 0) is 31.2 Å². The number of aromatic amines is 1. The molecule has 1 saturated carbocycles. The largest absolute Gasteiger partial charge is 0.379 e. The lowest BCUT2D eigenvalue weighted by molar-refractivity contribution is -0.0697. The Bertz CT molecular complexity index is 828. The van der Waals surface area contributed by atoms with Gasteiger partial charge in [-0.1, -0.05) is 18.2 Å². The van der Waals surface area contributed by atoms with Crippen LogP contribution in [-0.4, -0.2) is 42.9 Å². The summed E-state index contributed by atoms with van der Waals surface area (Å²) in [5.41, 5.74) is 0.284. The van der Waals surface area contributed by atoms with Gasteiger partial charge in [0.15, 0.2) is 0 Å². The third-order valence-corrected chi connectivity index (χ3v) is 4.92. The summed E-state index contributed by atoms with van der Waals surface area (Å²) in [5.74, 6) is 0.473. The Kier molecular flexibility index (Phi) is 4.55. The zero-order valence-electron chi connectivity index (χ0n) is 14.0. The second-order valence-electron chi connectivity index (χ2n) is 6.84. The van der Waals surface area contributed by atoms with Crippen molar-refractivity contribution < 1.29 is 14.3 Å². The molecule has 4 rings (SSSR count). The number of ether oxygens (including phenoxy) is 2. The molecule has 25 heavy (non-hydrogen) atoms. The van der Waals surface area contributed by atoms with Crippen molar-refractivity contribution in [1.82, 2.24) is 10.3 Å². The van der Waals surface area contributed by atoms with Crippen LogP contribution in [0.1, 0.15) is 29.6 Å². The van der Waals surface area contributed by atoms with Crippen molar-refractivity contribution in [3.63, 3.8) is 0 Å². The highest BCUT2D eigenvalue weighted by atomic mass is 16.5. The third kappa shape index (κ3) is 3.60. The zero-order valence-corrected chi connectivity index (χ0v) is 14.0. The maximum atomic E-state index is 12.8. The van der Waals surface area contributed by atoms with E-state index in [9.17, 15) is 9.59 Å². The number of carbonyl (C=O) groups excluding carboxylic acids is 1. The number of H-pyrrole nitrogens is 1. The number of pyridine rings is 1. The average Bonchev–Trinajstić information content (AvgIpc) is 3.46. The van der Waals surface area contributed by atoms with E-state index < -0.39 is 0 Å². The molecule has 2 atom stereocenters. The van der Waals surface area contributed by atoms with Gasteiger partial charge in [-0.15, -0.1) is 0 Å². The number of hydrogen-bond donors (Lipinski definition) is 2. The quantitative estimate of drug-likeness (QED) is 0.869. The lowest BCUT2D eigenvalue weighted by atomic mass is 10.0. The molecule has 1 aliphatic heterocycles. The summed E-state index contributed by atoms with van der Waals surface area (Å²) in [5, 5.41) is 4.25. The van der Waals surface area contributed by atoms with Crippen molar-refractivity contribution in [3.8, 4) is 0 Å². The van der Waals surface area contributed by atoms with Gasteiger partial charge in [-0.2, -0.15) is 0 Å². The second kappa shape index (κ2) is 6.98. The molecule has 1 aromatic heterocycles. The van der Waals surface area contributed by atoms with E-state index in [4.69, 9.17) is 9.47 Å². The molecule has 6 nitrogen and oxygen atoms in total. The van der Waals surface area contributed by atoms with E-state index in [0.29, 0.717) is 35.5 Å². The summed E-state index contributed by atoms with van der Waals surface area (Å²) in [6.07, 6.45) is 4.55. The van der Waals surface area contributed by atoms with Crippen LogP contribution >= 0.6 is 0 Å². The zero-order chi connectivity index (χ0) is 17.2. The Hall–Kier alpha value is -2.18. The van der Waals surface area contributed by atoms with Crippen LogP contribution < -0.4 is 10.9 Å². The first-order valence-corrected chi connectivity index (χ1v) is 8.83. The molecule has 1 saturated heterocycles. The fourth-order valence-corrected chi connectivity index (χ4v) is 3.23. The molecule has 0 unspecified atom stereocenters. The van der Waals surface area contributed by atoms with Crippen molar-refractivity contribution in [2.75, 3.05) is 19.8 Å². The molecule has 0 bridgehead atoms. The predicted molar refractivity (Wildman–Crippen MR) is 93.7 cm³/mol. The lowest BCUT2D eigenvalue weighted by Gasteiger charge is -2.32. The minimum absolute atomic E-state index is 0.0781. The first kappa shape index (κ1) is 16.3. The number of fused-ring (bicyclic) bond motifs is 1. The van der Waals surface area contributed by atoms with Crippen molar-refractivity contribution >= 4 is 16.7 Å². The molecular formula is C19H22N2O4. The van der Waals surface area contributed by atoms with Crippen LogP contribution in [-0.2, 0) is 9.47 Å². The Balaban J connectivity index is 1.52. The van der Waals surface area contributed by atoms with Crippen LogP contribution in [0.4, 0.5) is 0 Å². The molecule has 0 spiro atoms. The van der Waals surface area contributed by atoms with E-state index in [2.05, 4.69) is 10.3 Å². The van der Waals surface area contributed by atoms with E-state index >= 15 is 0 Å². The molecule has 1 aliphatic carbocycles. The third-order valence-electron chi connectivity index (χ3n) is 4.92. The highest BCUT2D eigenvalue weighted by Gasteiger charge is 2.31. The normalized spacial score (nSPS) is 23.5. The summed E-state index contributed by atoms with van der Waals surface area (Å²) >= 11 is 0. The van der Waals surface area contributed by atoms with Crippen LogP contribution in [0.25, 0.3) is 10.8 Å². The van der Waals surface area contributed by atoms with Crippen molar-refractivity contribution in [1.29, 1.82) is 0 Å². The lowest BCUT2D eigenvalue weighted by Crippen LogP contribution is -2.50. The molecule has 1 amide bonds. The molecule has 6 heteroatoms. The molecule has 132 valence electrons. The van der Waals surface area contributed by atoms with Gasteiger partial charge < -0.3 is 19.8 Å². The standard InChI is InChI=1S/C19H22N2O4/c22-18-14-4-2-1-3-13(14)15(9-20-18)19(23)21-16-7-8-24-11-17(16)25-10-12-5-6-12/h1-4,9,12,16-17H,5-8,10-11H2,(H,20,22)(H,21,23)/t16-,17-/m1/s1. The number of hydrogen-bond acceptors (Lipinski definition) is 4. The van der Waals surface area contributed by atoms with Crippen molar-refractivity contribution in [2.45, 2.75) is 31.4 Å². The average molecular weight is 342 g/mol. The van der Waals surface area contributed by atoms with Crippen molar-refractivity contribution in [3.05, 3.63) is 46.4 Å². The fourth-order valence-electron chi connectivity index (χ4n) is 3.23. The van der Waals surface area contributed by atoms with Crippen LogP contribution in [0, 0.1) is 5.92 Å². The van der Waals surface area contributed by atoms with E-state index in [1.807, 2.05) is 6.07 Å². The van der Waals surface area contributed by atoms with Crippen LogP contribution in [0.15, 0.2) is 35.3 Å². The minimum atomic E-state index is -0.195. The van der Waals surface area contributed by atoms with Gasteiger partial charge >= 0.3 is 0 Å². The minimum Gasteiger partial charge on any atom is -0.379 e. The summed E-state index contributed by atoms with van der Waals surface area (Å²) < 4.78 is 11.5. The first-order chi connectivity index (χ1) is 12.2.